The number of nitro groups is 1. The van der Waals surface area contributed by atoms with Crippen LogP contribution in [0.25, 0.3) is 0 Å². The summed E-state index contributed by atoms with van der Waals surface area (Å²) in [6.07, 6.45) is -0.111. The van der Waals surface area contributed by atoms with Gasteiger partial charge in [0.2, 0.25) is 17.8 Å². The van der Waals surface area contributed by atoms with Crippen molar-refractivity contribution in [1.82, 2.24) is 5.32 Å². The Labute approximate surface area is 154 Å². The first-order valence-electron chi connectivity index (χ1n) is 8.18. The van der Waals surface area contributed by atoms with E-state index in [1.165, 1.54) is 12.1 Å². The zero-order valence-corrected chi connectivity index (χ0v) is 14.4. The van der Waals surface area contributed by atoms with E-state index in [0.717, 1.165) is 0 Å². The Morgan fingerprint density at radius 1 is 1.26 bits per heavy atom. The second-order valence-corrected chi connectivity index (χ2v) is 5.98. The number of carbonyl (C=O) groups excluding carboxylic acids is 2. The third-order valence-corrected chi connectivity index (χ3v) is 3.95. The first-order chi connectivity index (χ1) is 12.9. The van der Waals surface area contributed by atoms with E-state index in [1.807, 2.05) is 18.2 Å². The van der Waals surface area contributed by atoms with Crippen LogP contribution in [-0.4, -0.2) is 28.7 Å². The quantitative estimate of drug-likeness (QED) is 0.564. The minimum absolute atomic E-state index is 0.111. The summed E-state index contributed by atoms with van der Waals surface area (Å²) in [5, 5.41) is 19.1. The lowest BCUT2D eigenvalue weighted by atomic mass is 10.1. The topological polar surface area (TPSA) is 126 Å². The van der Waals surface area contributed by atoms with Crippen LogP contribution in [0.2, 0.25) is 0 Å². The van der Waals surface area contributed by atoms with E-state index >= 15 is 0 Å². The number of nitro benzene ring substituents is 1. The molecule has 0 aromatic heterocycles. The molecule has 9 heteroatoms. The SMILES string of the molecule is Cc1ccc([N+](=O)[O-])cc1NC(=O)[C@@H]1CC(=O)NC(Nc2ccccc2)=N1. The van der Waals surface area contributed by atoms with Gasteiger partial charge in [0.25, 0.3) is 5.69 Å². The first-order valence-corrected chi connectivity index (χ1v) is 8.18. The minimum atomic E-state index is -0.941. The number of nitrogens with zero attached hydrogens (tertiary/aromatic N) is 2. The second-order valence-electron chi connectivity index (χ2n) is 5.98. The predicted molar refractivity (Wildman–Crippen MR) is 101 cm³/mol. The smallest absolute Gasteiger partial charge is 0.271 e. The standard InChI is InChI=1S/C18H17N5O4/c1-11-7-8-13(23(26)27)9-14(11)20-17(25)15-10-16(24)22-18(21-15)19-12-5-3-2-4-6-12/h2-9,15H,10H2,1H3,(H,20,25)(H2,19,21,22,24)/t15-/m0/s1. The fraction of sp³-hybridized carbons (Fsp3) is 0.167. The number of non-ortho nitro benzene ring substituents is 1. The highest BCUT2D eigenvalue weighted by Crippen LogP contribution is 2.22. The molecular formula is C18H17N5O4. The number of benzene rings is 2. The summed E-state index contributed by atoms with van der Waals surface area (Å²) in [7, 11) is 0. The zero-order valence-electron chi connectivity index (χ0n) is 14.4. The number of hydrogen-bond acceptors (Lipinski definition) is 6. The summed E-state index contributed by atoms with van der Waals surface area (Å²) in [4.78, 5) is 39.1. The van der Waals surface area contributed by atoms with Crippen molar-refractivity contribution in [2.45, 2.75) is 19.4 Å². The molecule has 1 aliphatic heterocycles. The Hall–Kier alpha value is -3.75. The molecule has 2 amide bonds. The number of aliphatic imine (C=N–C) groups is 1. The Kier molecular flexibility index (Phi) is 5.11. The van der Waals surface area contributed by atoms with Crippen LogP contribution < -0.4 is 16.0 Å². The minimum Gasteiger partial charge on any atom is -0.326 e. The molecule has 9 nitrogen and oxygen atoms in total. The number of rotatable bonds is 4. The summed E-state index contributed by atoms with van der Waals surface area (Å²) in [6.45, 7) is 1.72. The summed E-state index contributed by atoms with van der Waals surface area (Å²) in [6, 6.07) is 12.3. The number of carbonyl (C=O) groups is 2. The van der Waals surface area contributed by atoms with Gasteiger partial charge < -0.3 is 10.6 Å². The van der Waals surface area contributed by atoms with Gasteiger partial charge in [-0.05, 0) is 24.6 Å². The molecule has 0 bridgehead atoms. The van der Waals surface area contributed by atoms with E-state index in [-0.39, 0.29) is 24.0 Å². The number of nitrogens with one attached hydrogen (secondary N) is 3. The highest BCUT2D eigenvalue weighted by molar-refractivity contribution is 6.10. The molecule has 1 aliphatic rings. The Morgan fingerprint density at radius 2 is 2.00 bits per heavy atom. The molecule has 1 heterocycles. The summed E-state index contributed by atoms with van der Waals surface area (Å²) in [5.74, 6) is -0.687. The lowest BCUT2D eigenvalue weighted by molar-refractivity contribution is -0.384. The van der Waals surface area contributed by atoms with Crippen molar-refractivity contribution in [3.63, 3.8) is 0 Å². The molecule has 0 saturated carbocycles. The molecule has 3 N–H and O–H groups in total. The van der Waals surface area contributed by atoms with Gasteiger partial charge in [-0.25, -0.2) is 4.99 Å². The molecule has 0 saturated heterocycles. The second kappa shape index (κ2) is 7.65. The molecule has 2 aromatic carbocycles. The van der Waals surface area contributed by atoms with Crippen molar-refractivity contribution in [3.05, 3.63) is 64.2 Å². The van der Waals surface area contributed by atoms with E-state index in [9.17, 15) is 19.7 Å². The van der Waals surface area contributed by atoms with Crippen LogP contribution in [-0.2, 0) is 9.59 Å². The molecule has 3 rings (SSSR count). The van der Waals surface area contributed by atoms with Crippen LogP contribution in [0, 0.1) is 17.0 Å². The van der Waals surface area contributed by atoms with E-state index < -0.39 is 16.9 Å². The maximum absolute atomic E-state index is 12.5. The van der Waals surface area contributed by atoms with Crippen LogP contribution in [0.15, 0.2) is 53.5 Å². The van der Waals surface area contributed by atoms with Crippen LogP contribution in [0.4, 0.5) is 17.1 Å². The van der Waals surface area contributed by atoms with Crippen molar-refractivity contribution in [2.24, 2.45) is 4.99 Å². The zero-order chi connectivity index (χ0) is 19.4. The van der Waals surface area contributed by atoms with Crippen LogP contribution >= 0.6 is 0 Å². The van der Waals surface area contributed by atoms with Crippen LogP contribution in [0.5, 0.6) is 0 Å². The molecule has 0 spiro atoms. The van der Waals surface area contributed by atoms with Gasteiger partial charge in [0.15, 0.2) is 0 Å². The maximum atomic E-state index is 12.5. The molecule has 27 heavy (non-hydrogen) atoms. The van der Waals surface area contributed by atoms with Gasteiger partial charge in [-0.3, -0.25) is 25.0 Å². The van der Waals surface area contributed by atoms with Gasteiger partial charge in [0.05, 0.1) is 17.0 Å². The van der Waals surface area contributed by atoms with Crippen molar-refractivity contribution < 1.29 is 14.5 Å². The van der Waals surface area contributed by atoms with Gasteiger partial charge in [-0.15, -0.1) is 0 Å². The molecular weight excluding hydrogens is 350 g/mol. The molecule has 2 aromatic rings. The van der Waals surface area contributed by atoms with E-state index in [1.54, 1.807) is 25.1 Å². The predicted octanol–water partition coefficient (Wildman–Crippen LogP) is 2.20. The van der Waals surface area contributed by atoms with Gasteiger partial charge in [-0.1, -0.05) is 24.3 Å². The monoisotopic (exact) mass is 367 g/mol. The van der Waals surface area contributed by atoms with Crippen molar-refractivity contribution >= 4 is 34.8 Å². The maximum Gasteiger partial charge on any atom is 0.271 e. The normalized spacial score (nSPS) is 16.1. The number of amides is 2. The third kappa shape index (κ3) is 4.46. The first kappa shape index (κ1) is 18.1. The lowest BCUT2D eigenvalue weighted by Crippen LogP contribution is -2.45. The molecule has 0 unspecified atom stereocenters. The van der Waals surface area contributed by atoms with E-state index in [4.69, 9.17) is 0 Å². The molecule has 0 radical (unpaired) electrons. The van der Waals surface area contributed by atoms with Gasteiger partial charge in [0.1, 0.15) is 6.04 Å². The number of para-hydroxylation sites is 1. The van der Waals surface area contributed by atoms with Crippen molar-refractivity contribution in [2.75, 3.05) is 10.6 Å². The van der Waals surface area contributed by atoms with Crippen molar-refractivity contribution in [3.8, 4) is 0 Å². The molecule has 0 aliphatic carbocycles. The lowest BCUT2D eigenvalue weighted by Gasteiger charge is -2.21. The van der Waals surface area contributed by atoms with E-state index in [2.05, 4.69) is 20.9 Å². The van der Waals surface area contributed by atoms with Gasteiger partial charge in [0, 0.05) is 17.8 Å². The Bertz CT molecular complexity index is 927. The summed E-state index contributed by atoms with van der Waals surface area (Å²) >= 11 is 0. The fourth-order valence-electron chi connectivity index (χ4n) is 2.54. The Morgan fingerprint density at radius 3 is 2.70 bits per heavy atom. The highest BCUT2D eigenvalue weighted by atomic mass is 16.6. The van der Waals surface area contributed by atoms with E-state index in [0.29, 0.717) is 16.9 Å². The number of aryl methyl sites for hydroxylation is 1. The highest BCUT2D eigenvalue weighted by Gasteiger charge is 2.27. The van der Waals surface area contributed by atoms with Crippen LogP contribution in [0.1, 0.15) is 12.0 Å². The average molecular weight is 367 g/mol. The molecule has 0 fully saturated rings. The summed E-state index contributed by atoms with van der Waals surface area (Å²) in [5.41, 5.74) is 1.56. The molecule has 138 valence electrons. The number of guanidine groups is 1. The largest absolute Gasteiger partial charge is 0.326 e. The van der Waals surface area contributed by atoms with Gasteiger partial charge >= 0.3 is 0 Å². The number of anilines is 2. The van der Waals surface area contributed by atoms with Crippen LogP contribution in [0.3, 0.4) is 0 Å². The Balaban J connectivity index is 1.77. The molecule has 1 atom stereocenters. The summed E-state index contributed by atoms with van der Waals surface area (Å²) < 4.78 is 0. The fourth-order valence-corrected chi connectivity index (χ4v) is 2.54. The third-order valence-electron chi connectivity index (χ3n) is 3.95. The van der Waals surface area contributed by atoms with Crippen molar-refractivity contribution in [1.29, 1.82) is 0 Å². The van der Waals surface area contributed by atoms with Gasteiger partial charge in [-0.2, -0.15) is 0 Å². The number of hydrogen-bond donors (Lipinski definition) is 3. The average Bonchev–Trinajstić information content (AvgIpc) is 2.63.